The summed E-state index contributed by atoms with van der Waals surface area (Å²) in [5.41, 5.74) is 3.01. The minimum absolute atomic E-state index is 0.192. The van der Waals surface area contributed by atoms with E-state index < -0.39 is 0 Å². The van der Waals surface area contributed by atoms with Gasteiger partial charge in [0.15, 0.2) is 16.6 Å². The van der Waals surface area contributed by atoms with E-state index in [4.69, 9.17) is 31.4 Å². The smallest absolute Gasteiger partial charge is 0.231 e. The minimum atomic E-state index is 0.192. The first-order chi connectivity index (χ1) is 17.5. The molecule has 11 heteroatoms. The van der Waals surface area contributed by atoms with Crippen molar-refractivity contribution in [3.05, 3.63) is 41.2 Å². The highest BCUT2D eigenvalue weighted by Gasteiger charge is 2.23. The lowest BCUT2D eigenvalue weighted by atomic mass is 10.1. The summed E-state index contributed by atoms with van der Waals surface area (Å²) in [6.07, 6.45) is 2.33. The van der Waals surface area contributed by atoms with Crippen LogP contribution in [0.3, 0.4) is 0 Å². The number of fused-ring (bicyclic) bond motifs is 1. The maximum Gasteiger partial charge on any atom is 0.231 e. The van der Waals surface area contributed by atoms with Crippen LogP contribution >= 0.6 is 12.2 Å². The molecular weight excluding hydrogens is 478 g/mol. The third kappa shape index (κ3) is 6.40. The van der Waals surface area contributed by atoms with Crippen LogP contribution in [-0.2, 0) is 11.3 Å². The lowest BCUT2D eigenvalue weighted by molar-refractivity contribution is 0.114. The maximum atomic E-state index is 5.69. The van der Waals surface area contributed by atoms with Crippen LogP contribution in [0.5, 0.6) is 11.5 Å². The number of rotatable bonds is 5. The highest BCUT2D eigenvalue weighted by atomic mass is 32.1. The van der Waals surface area contributed by atoms with Gasteiger partial charge in [-0.2, -0.15) is 4.99 Å². The highest BCUT2D eigenvalue weighted by Crippen LogP contribution is 2.32. The van der Waals surface area contributed by atoms with Crippen LogP contribution in [0, 0.1) is 13.8 Å². The van der Waals surface area contributed by atoms with Gasteiger partial charge in [0.1, 0.15) is 0 Å². The van der Waals surface area contributed by atoms with Crippen LogP contribution in [-0.4, -0.2) is 83.1 Å². The number of benzene rings is 1. The normalized spacial score (nSPS) is 20.0. The number of nitrogens with one attached hydrogen (secondary N) is 2. The van der Waals surface area contributed by atoms with Crippen molar-refractivity contribution in [2.45, 2.75) is 39.3 Å². The predicted molar refractivity (Wildman–Crippen MR) is 142 cm³/mol. The van der Waals surface area contributed by atoms with Crippen molar-refractivity contribution in [1.82, 2.24) is 25.1 Å². The van der Waals surface area contributed by atoms with E-state index in [-0.39, 0.29) is 6.10 Å². The SMILES string of the molecule is Cc1cc(C)nc(N/C(=N/C(=S)NCC2CCCO2)N2CCN(Cc3ccc4c(c3)OCO4)CC2)n1. The van der Waals surface area contributed by atoms with Gasteiger partial charge in [0.25, 0.3) is 0 Å². The molecule has 0 aliphatic carbocycles. The number of aliphatic imine (C=N–C) groups is 1. The van der Waals surface area contributed by atoms with Crippen LogP contribution in [0.15, 0.2) is 29.3 Å². The Kier molecular flexibility index (Phi) is 7.78. The van der Waals surface area contributed by atoms with E-state index in [1.807, 2.05) is 26.0 Å². The molecule has 1 aromatic carbocycles. The summed E-state index contributed by atoms with van der Waals surface area (Å²) >= 11 is 5.56. The molecule has 1 aromatic heterocycles. The summed E-state index contributed by atoms with van der Waals surface area (Å²) in [7, 11) is 0. The second-order valence-electron chi connectivity index (χ2n) is 9.31. The summed E-state index contributed by atoms with van der Waals surface area (Å²) in [5.74, 6) is 2.82. The van der Waals surface area contributed by atoms with Crippen molar-refractivity contribution in [2.75, 3.05) is 51.4 Å². The zero-order valence-electron chi connectivity index (χ0n) is 20.8. The molecule has 0 bridgehead atoms. The Morgan fingerprint density at radius 2 is 1.86 bits per heavy atom. The van der Waals surface area contributed by atoms with Gasteiger partial charge in [-0.3, -0.25) is 10.2 Å². The number of ether oxygens (including phenoxy) is 3. The third-order valence-electron chi connectivity index (χ3n) is 6.43. The van der Waals surface area contributed by atoms with Gasteiger partial charge in [0.2, 0.25) is 18.7 Å². The van der Waals surface area contributed by atoms with Crippen molar-refractivity contribution in [3.8, 4) is 11.5 Å². The molecule has 1 atom stereocenters. The van der Waals surface area contributed by atoms with E-state index in [1.165, 1.54) is 5.56 Å². The van der Waals surface area contributed by atoms with Gasteiger partial charge in [0.05, 0.1) is 6.10 Å². The molecule has 0 saturated carbocycles. The molecule has 0 amide bonds. The number of nitrogens with zero attached hydrogens (tertiary/aromatic N) is 5. The zero-order chi connectivity index (χ0) is 24.9. The van der Waals surface area contributed by atoms with Crippen LogP contribution in [0.25, 0.3) is 0 Å². The number of hydrogen-bond acceptors (Lipinski definition) is 7. The average Bonchev–Trinajstić information content (AvgIpc) is 3.54. The molecule has 4 heterocycles. The first-order valence-electron chi connectivity index (χ1n) is 12.4. The molecule has 2 fully saturated rings. The van der Waals surface area contributed by atoms with Crippen LogP contribution < -0.4 is 20.1 Å². The Bertz CT molecular complexity index is 1090. The fourth-order valence-electron chi connectivity index (χ4n) is 4.62. The third-order valence-corrected chi connectivity index (χ3v) is 6.67. The topological polar surface area (TPSA) is 96.4 Å². The van der Waals surface area contributed by atoms with E-state index in [2.05, 4.69) is 42.5 Å². The summed E-state index contributed by atoms with van der Waals surface area (Å²) < 4.78 is 16.7. The quantitative estimate of drug-likeness (QED) is 0.354. The Morgan fingerprint density at radius 3 is 2.61 bits per heavy atom. The molecule has 2 N–H and O–H groups in total. The number of hydrogen-bond donors (Lipinski definition) is 2. The number of aromatic nitrogens is 2. The van der Waals surface area contributed by atoms with Crippen molar-refractivity contribution in [3.63, 3.8) is 0 Å². The van der Waals surface area contributed by atoms with Crippen molar-refractivity contribution in [2.24, 2.45) is 4.99 Å². The molecule has 1 unspecified atom stereocenters. The zero-order valence-corrected chi connectivity index (χ0v) is 21.6. The van der Waals surface area contributed by atoms with Crippen molar-refractivity contribution in [1.29, 1.82) is 0 Å². The Labute approximate surface area is 217 Å². The predicted octanol–water partition coefficient (Wildman–Crippen LogP) is 2.46. The first kappa shape index (κ1) is 24.7. The van der Waals surface area contributed by atoms with Gasteiger partial charge >= 0.3 is 0 Å². The second-order valence-corrected chi connectivity index (χ2v) is 9.69. The number of thiocarbonyl (C=S) groups is 1. The minimum Gasteiger partial charge on any atom is -0.454 e. The average molecular weight is 512 g/mol. The Morgan fingerprint density at radius 1 is 1.08 bits per heavy atom. The summed E-state index contributed by atoms with van der Waals surface area (Å²) in [5, 5.41) is 7.00. The maximum absolute atomic E-state index is 5.69. The van der Waals surface area contributed by atoms with Crippen molar-refractivity contribution >= 4 is 29.2 Å². The standard InChI is InChI=1S/C25H33N7O3S/c1-17-12-18(2)28-23(27-17)29-24(30-25(36)26-14-20-4-3-11-33-20)32-9-7-31(8-10-32)15-19-5-6-21-22(13-19)35-16-34-21/h5-6,12-13,20H,3-4,7-11,14-16H2,1-2H3,(H2,26,27,28,29,30,36). The van der Waals surface area contributed by atoms with Gasteiger partial charge in [0, 0.05) is 57.3 Å². The van der Waals surface area contributed by atoms with E-state index in [9.17, 15) is 0 Å². The Balaban J connectivity index is 1.23. The summed E-state index contributed by atoms with van der Waals surface area (Å²) in [4.78, 5) is 18.4. The molecular formula is C25H33N7O3S. The van der Waals surface area contributed by atoms with Crippen LogP contribution in [0.4, 0.5) is 5.95 Å². The number of guanidine groups is 1. The van der Waals surface area contributed by atoms with E-state index in [1.54, 1.807) is 0 Å². The molecule has 2 saturated heterocycles. The van der Waals surface area contributed by atoms with Gasteiger partial charge in [-0.05, 0) is 62.7 Å². The van der Waals surface area contributed by atoms with Gasteiger partial charge in [-0.15, -0.1) is 0 Å². The fourth-order valence-corrected chi connectivity index (χ4v) is 4.79. The highest BCUT2D eigenvalue weighted by molar-refractivity contribution is 7.80. The Hall–Kier alpha value is -3.02. The summed E-state index contributed by atoms with van der Waals surface area (Å²) in [6.45, 7) is 9.92. The molecule has 5 rings (SSSR count). The monoisotopic (exact) mass is 511 g/mol. The van der Waals surface area contributed by atoms with Gasteiger partial charge in [-0.25, -0.2) is 9.97 Å². The summed E-state index contributed by atoms with van der Waals surface area (Å²) in [6, 6.07) is 8.10. The molecule has 3 aliphatic rings. The molecule has 3 aliphatic heterocycles. The molecule has 2 aromatic rings. The van der Waals surface area contributed by atoms with E-state index in [0.29, 0.717) is 30.4 Å². The number of piperazine rings is 1. The number of aryl methyl sites for hydroxylation is 2. The molecule has 36 heavy (non-hydrogen) atoms. The molecule has 0 radical (unpaired) electrons. The van der Waals surface area contributed by atoms with Crippen LogP contribution in [0.1, 0.15) is 29.8 Å². The molecule has 192 valence electrons. The van der Waals surface area contributed by atoms with Gasteiger partial charge in [-0.1, -0.05) is 6.07 Å². The molecule has 10 nitrogen and oxygen atoms in total. The number of anilines is 1. The lowest BCUT2D eigenvalue weighted by Gasteiger charge is -2.36. The van der Waals surface area contributed by atoms with E-state index in [0.717, 1.165) is 75.1 Å². The lowest BCUT2D eigenvalue weighted by Crippen LogP contribution is -2.50. The second kappa shape index (κ2) is 11.4. The largest absolute Gasteiger partial charge is 0.454 e. The molecule has 0 spiro atoms. The van der Waals surface area contributed by atoms with Gasteiger partial charge < -0.3 is 24.4 Å². The van der Waals surface area contributed by atoms with Crippen molar-refractivity contribution < 1.29 is 14.2 Å². The fraction of sp³-hybridized carbons (Fsp3) is 0.520. The van der Waals surface area contributed by atoms with Crippen LogP contribution in [0.2, 0.25) is 0 Å². The van der Waals surface area contributed by atoms with E-state index >= 15 is 0 Å². The first-order valence-corrected chi connectivity index (χ1v) is 12.9.